The number of esters is 1. The molecule has 2 amide bonds. The number of hydrogen-bond donors (Lipinski definition) is 2. The number of amides is 2. The highest BCUT2D eigenvalue weighted by Gasteiger charge is 2.34. The minimum atomic E-state index is -0.834. The second-order valence-corrected chi connectivity index (χ2v) is 7.79. The highest BCUT2D eigenvalue weighted by molar-refractivity contribution is 7.80. The lowest BCUT2D eigenvalue weighted by atomic mass is 10.1. The summed E-state index contributed by atoms with van der Waals surface area (Å²) in [6, 6.07) is 6.30. The second-order valence-electron chi connectivity index (χ2n) is 7.40. The topological polar surface area (TPSA) is 106 Å². The number of carbonyl (C=O) groups excluding carboxylic acids is 3. The first-order chi connectivity index (χ1) is 15.0. The third kappa shape index (κ3) is 6.63. The molecule has 3 rings (SSSR count). The van der Waals surface area contributed by atoms with Gasteiger partial charge >= 0.3 is 5.97 Å². The van der Waals surface area contributed by atoms with Crippen molar-refractivity contribution in [2.24, 2.45) is 0 Å². The average molecular weight is 450 g/mol. The summed E-state index contributed by atoms with van der Waals surface area (Å²) in [5, 5.41) is 5.50. The molecule has 0 spiro atoms. The Morgan fingerprint density at radius 1 is 1.32 bits per heavy atom. The molecule has 31 heavy (non-hydrogen) atoms. The first-order valence-corrected chi connectivity index (χ1v) is 10.7. The van der Waals surface area contributed by atoms with E-state index in [1.165, 1.54) is 0 Å². The number of carbonyl (C=O) groups is 3. The van der Waals surface area contributed by atoms with Gasteiger partial charge in [0.2, 0.25) is 11.8 Å². The third-order valence-electron chi connectivity index (χ3n) is 5.18. The van der Waals surface area contributed by atoms with Gasteiger partial charge in [-0.3, -0.25) is 14.4 Å². The van der Waals surface area contributed by atoms with Gasteiger partial charge in [-0.1, -0.05) is 12.1 Å². The van der Waals surface area contributed by atoms with Crippen molar-refractivity contribution in [3.63, 3.8) is 0 Å². The van der Waals surface area contributed by atoms with Gasteiger partial charge in [0.15, 0.2) is 5.11 Å². The SMILES string of the molecule is COc1ccc(CC(=O)NC(=S)N2CCNC(=O)C2CC(=O)OCC2CCCO2)cc1. The second kappa shape index (κ2) is 11.1. The van der Waals surface area contributed by atoms with Crippen molar-refractivity contribution in [2.75, 3.05) is 33.4 Å². The van der Waals surface area contributed by atoms with Crippen LogP contribution in [0.2, 0.25) is 0 Å². The average Bonchev–Trinajstić information content (AvgIpc) is 3.28. The first kappa shape index (κ1) is 23.0. The summed E-state index contributed by atoms with van der Waals surface area (Å²) in [4.78, 5) is 38.6. The van der Waals surface area contributed by atoms with E-state index in [0.29, 0.717) is 25.4 Å². The Morgan fingerprint density at radius 3 is 2.77 bits per heavy atom. The number of ether oxygens (including phenoxy) is 3. The van der Waals surface area contributed by atoms with Gasteiger partial charge in [-0.15, -0.1) is 0 Å². The maximum Gasteiger partial charge on any atom is 0.308 e. The number of rotatable bonds is 7. The Morgan fingerprint density at radius 2 is 2.10 bits per heavy atom. The largest absolute Gasteiger partial charge is 0.497 e. The van der Waals surface area contributed by atoms with E-state index in [-0.39, 0.29) is 42.5 Å². The summed E-state index contributed by atoms with van der Waals surface area (Å²) >= 11 is 5.36. The number of benzene rings is 1. The van der Waals surface area contributed by atoms with E-state index < -0.39 is 12.0 Å². The summed E-state index contributed by atoms with van der Waals surface area (Å²) in [5.41, 5.74) is 0.798. The Hall–Kier alpha value is -2.72. The van der Waals surface area contributed by atoms with Crippen molar-refractivity contribution >= 4 is 35.1 Å². The van der Waals surface area contributed by atoms with Gasteiger partial charge in [-0.05, 0) is 42.8 Å². The molecule has 2 N–H and O–H groups in total. The normalized spacial score (nSPS) is 20.7. The fourth-order valence-electron chi connectivity index (χ4n) is 3.50. The zero-order valence-corrected chi connectivity index (χ0v) is 18.2. The lowest BCUT2D eigenvalue weighted by Gasteiger charge is -2.36. The Bertz CT molecular complexity index is 810. The van der Waals surface area contributed by atoms with Crippen molar-refractivity contribution in [3.8, 4) is 5.75 Å². The lowest BCUT2D eigenvalue weighted by Crippen LogP contribution is -2.60. The van der Waals surface area contributed by atoms with Crippen LogP contribution in [0.5, 0.6) is 5.75 Å². The maximum absolute atomic E-state index is 12.4. The van der Waals surface area contributed by atoms with Crippen LogP contribution in [-0.2, 0) is 30.3 Å². The van der Waals surface area contributed by atoms with Gasteiger partial charge in [0.25, 0.3) is 0 Å². The molecule has 0 aliphatic carbocycles. The van der Waals surface area contributed by atoms with E-state index in [9.17, 15) is 14.4 Å². The predicted molar refractivity (Wildman–Crippen MR) is 115 cm³/mol. The summed E-state index contributed by atoms with van der Waals surface area (Å²) in [5.74, 6) is -0.434. The van der Waals surface area contributed by atoms with Crippen LogP contribution in [-0.4, -0.2) is 73.4 Å². The van der Waals surface area contributed by atoms with Crippen LogP contribution in [0.1, 0.15) is 24.8 Å². The van der Waals surface area contributed by atoms with Gasteiger partial charge in [0.05, 0.1) is 26.1 Å². The molecule has 2 fully saturated rings. The van der Waals surface area contributed by atoms with E-state index in [1.807, 2.05) is 0 Å². The Labute approximate surface area is 186 Å². The van der Waals surface area contributed by atoms with Crippen LogP contribution in [0.15, 0.2) is 24.3 Å². The molecule has 1 aromatic rings. The first-order valence-electron chi connectivity index (χ1n) is 10.2. The van der Waals surface area contributed by atoms with Crippen molar-refractivity contribution in [2.45, 2.75) is 37.8 Å². The molecule has 0 saturated carbocycles. The molecule has 2 aliphatic rings. The summed E-state index contributed by atoms with van der Waals surface area (Å²) in [7, 11) is 1.57. The Kier molecular flexibility index (Phi) is 8.19. The maximum atomic E-state index is 12.4. The molecule has 0 bridgehead atoms. The molecule has 2 unspecified atom stereocenters. The van der Waals surface area contributed by atoms with E-state index >= 15 is 0 Å². The fourth-order valence-corrected chi connectivity index (χ4v) is 3.84. The molecule has 2 aliphatic heterocycles. The predicted octanol–water partition coefficient (Wildman–Crippen LogP) is 0.552. The van der Waals surface area contributed by atoms with E-state index in [4.69, 9.17) is 26.4 Å². The third-order valence-corrected chi connectivity index (χ3v) is 5.51. The van der Waals surface area contributed by atoms with E-state index in [0.717, 1.165) is 18.4 Å². The molecular weight excluding hydrogens is 422 g/mol. The quantitative estimate of drug-likeness (QED) is 0.459. The zero-order valence-electron chi connectivity index (χ0n) is 17.4. The van der Waals surface area contributed by atoms with Crippen LogP contribution in [0.3, 0.4) is 0 Å². The minimum Gasteiger partial charge on any atom is -0.497 e. The molecule has 0 radical (unpaired) electrons. The van der Waals surface area contributed by atoms with E-state index in [1.54, 1.807) is 36.3 Å². The van der Waals surface area contributed by atoms with Crippen LogP contribution < -0.4 is 15.4 Å². The number of nitrogens with zero attached hydrogens (tertiary/aromatic N) is 1. The van der Waals surface area contributed by atoms with Crippen LogP contribution in [0.4, 0.5) is 0 Å². The number of thiocarbonyl (C=S) groups is 1. The van der Waals surface area contributed by atoms with Crippen molar-refractivity contribution in [1.82, 2.24) is 15.5 Å². The van der Waals surface area contributed by atoms with Gasteiger partial charge in [-0.2, -0.15) is 0 Å². The lowest BCUT2D eigenvalue weighted by molar-refractivity contribution is -0.150. The molecule has 10 heteroatoms. The molecular formula is C21H27N3O6S. The molecule has 168 valence electrons. The zero-order chi connectivity index (χ0) is 22.2. The molecule has 1 aromatic carbocycles. The van der Waals surface area contributed by atoms with Crippen molar-refractivity contribution in [1.29, 1.82) is 0 Å². The number of methoxy groups -OCH3 is 1. The van der Waals surface area contributed by atoms with Crippen LogP contribution in [0.25, 0.3) is 0 Å². The van der Waals surface area contributed by atoms with Gasteiger partial charge < -0.3 is 29.7 Å². The Balaban J connectivity index is 1.53. The molecule has 2 atom stereocenters. The fraction of sp³-hybridized carbons (Fsp3) is 0.524. The molecule has 0 aromatic heterocycles. The van der Waals surface area contributed by atoms with Gasteiger partial charge in [0, 0.05) is 19.7 Å². The van der Waals surface area contributed by atoms with Crippen molar-refractivity contribution in [3.05, 3.63) is 29.8 Å². The molecule has 2 heterocycles. The number of hydrogen-bond acceptors (Lipinski definition) is 7. The molecule has 2 saturated heterocycles. The molecule has 9 nitrogen and oxygen atoms in total. The minimum absolute atomic E-state index is 0.0847. The highest BCUT2D eigenvalue weighted by Crippen LogP contribution is 2.15. The monoisotopic (exact) mass is 449 g/mol. The van der Waals surface area contributed by atoms with Crippen LogP contribution >= 0.6 is 12.2 Å². The highest BCUT2D eigenvalue weighted by atomic mass is 32.1. The summed E-state index contributed by atoms with van der Waals surface area (Å²) in [6.45, 7) is 1.60. The smallest absolute Gasteiger partial charge is 0.308 e. The standard InChI is InChI=1S/C21H27N3O6S/c1-28-15-6-4-14(5-7-15)11-18(25)23-21(31)24-9-8-22-20(27)17(24)12-19(26)30-13-16-3-2-10-29-16/h4-7,16-17H,2-3,8-13H2,1H3,(H,22,27)(H,23,25,31). The number of nitrogens with one attached hydrogen (secondary N) is 2. The van der Waals surface area contributed by atoms with Crippen molar-refractivity contribution < 1.29 is 28.6 Å². The summed E-state index contributed by atoms with van der Waals surface area (Å²) in [6.07, 6.45) is 1.68. The van der Waals surface area contributed by atoms with E-state index in [2.05, 4.69) is 10.6 Å². The van der Waals surface area contributed by atoms with Crippen LogP contribution in [0, 0.1) is 0 Å². The summed E-state index contributed by atoms with van der Waals surface area (Å²) < 4.78 is 15.8. The van der Waals surface area contributed by atoms with Gasteiger partial charge in [-0.25, -0.2) is 0 Å². The van der Waals surface area contributed by atoms with Gasteiger partial charge in [0.1, 0.15) is 18.4 Å². The number of piperazine rings is 1.